The first-order valence-electron chi connectivity index (χ1n) is 32.5. The number of H-pyrrole nitrogens is 2. The Balaban J connectivity index is 0.000000145. The minimum absolute atomic E-state index is 0.144. The Morgan fingerprint density at radius 2 is 0.958 bits per heavy atom. The van der Waals surface area contributed by atoms with Crippen molar-refractivity contribution in [2.75, 3.05) is 40.3 Å². The predicted octanol–water partition coefficient (Wildman–Crippen LogP) is 1.86. The van der Waals surface area contributed by atoms with Crippen LogP contribution in [-0.4, -0.2) is 229 Å². The Labute approximate surface area is 550 Å². The fraction of sp³-hybridized carbons (Fsp3) is 0.429. The fourth-order valence-electron chi connectivity index (χ4n) is 16.5. The molecule has 6 fully saturated rings. The zero-order chi connectivity index (χ0) is 67.7. The maximum absolute atomic E-state index is 14.2. The Hall–Kier alpha value is -9.12. The summed E-state index contributed by atoms with van der Waals surface area (Å²) < 4.78 is 12.5. The number of nitrogens with zero attached hydrogens (tertiary/aromatic N) is 6. The number of carboxylic acid groups (broad SMARTS) is 2. The number of hydrogen-bond donors (Lipinski definition) is 10. The van der Waals surface area contributed by atoms with E-state index < -0.39 is 95.2 Å². The summed E-state index contributed by atoms with van der Waals surface area (Å²) in [6.07, 6.45) is 8.23. The quantitative estimate of drug-likeness (QED) is 0.0885. The average molecular weight is 1310 g/mol. The monoisotopic (exact) mass is 1310 g/mol. The molecule has 96 heavy (non-hydrogen) atoms. The molecule has 0 bridgehead atoms. The van der Waals surface area contributed by atoms with Gasteiger partial charge in [-0.25, -0.2) is 9.59 Å². The number of aromatic nitrogens is 2. The van der Waals surface area contributed by atoms with E-state index in [0.29, 0.717) is 51.9 Å². The lowest BCUT2D eigenvalue weighted by molar-refractivity contribution is -0.315. The SMILES string of the molecule is CN1C[C@H](C(=O)N[C@]2(C)O[C@@]3(O)[C@@H]4CCCN4C(=O)[C@H](Cc4ccccc4)N3C2=O)C=C2c3cccc4[nH]cc(c34)C[C@H]21.CN1C[C@H](C(=O)N[C@]2(C)O[C@@]3(O)[C@@H]4CCCN4C(=O)[C@H](Cc4ccccc4)N3C2=O)C=C2c3cccc4[nH]cc(c34)C[C@H]21.O=C(O)[C@H](O)[C@@H](O)C(=O)O. The maximum Gasteiger partial charge on any atom is 0.335 e. The number of carbonyl (C=O) groups excluding carboxylic acids is 6. The van der Waals surface area contributed by atoms with Crippen LogP contribution >= 0.6 is 0 Å². The second-order valence-corrected chi connectivity index (χ2v) is 27.1. The van der Waals surface area contributed by atoms with E-state index in [0.717, 1.165) is 57.3 Å². The number of nitrogens with one attached hydrogen (secondary N) is 4. The Bertz CT molecular complexity index is 3990. The lowest BCUT2D eigenvalue weighted by atomic mass is 9.79. The van der Waals surface area contributed by atoms with Crippen LogP contribution in [-0.2, 0) is 73.5 Å². The van der Waals surface area contributed by atoms with Crippen molar-refractivity contribution < 1.29 is 78.5 Å². The standard InChI is InChI=1S/2C33H35N5O5.C4H6O6/c2*1-32(35-29(39)21-15-23-22-10-6-11-24-28(22)20(17-34-24)16-25(23)36(2)18-21)31(41)38-26(14-19-8-4-3-5-9-19)30(40)37-13-7-12-27(37)33(38,42)43-32;5-1(3(7)8)2(6)4(9)10/h2*3-6,8-11,15,17,21,25-27,34,42H,7,12-14,16,18H2,1-2H3,(H,35,39);1-2,5-6H,(H,7,8)(H,9,10)/t2*21-,25-,26+,27+,32-,33+;1-,2-/m111/s1. The van der Waals surface area contributed by atoms with Crippen LogP contribution in [0.4, 0.5) is 0 Å². The molecule has 10 heterocycles. The van der Waals surface area contributed by atoms with E-state index >= 15 is 0 Å². The molecule has 6 saturated heterocycles. The number of carbonyl (C=O) groups is 8. The van der Waals surface area contributed by atoms with Crippen LogP contribution in [0.1, 0.15) is 72.9 Å². The van der Waals surface area contributed by atoms with Crippen molar-refractivity contribution in [3.05, 3.63) is 155 Å². The highest BCUT2D eigenvalue weighted by Crippen LogP contribution is 2.49. The molecule has 0 spiro atoms. The van der Waals surface area contributed by atoms with Gasteiger partial charge in [-0.1, -0.05) is 97.1 Å². The van der Waals surface area contributed by atoms with Gasteiger partial charge < -0.3 is 61.0 Å². The van der Waals surface area contributed by atoms with Crippen LogP contribution < -0.4 is 10.6 Å². The third-order valence-electron chi connectivity index (χ3n) is 21.1. The second kappa shape index (κ2) is 23.9. The number of piperazine rings is 2. The van der Waals surface area contributed by atoms with Crippen molar-refractivity contribution >= 4 is 80.3 Å². The highest BCUT2D eigenvalue weighted by molar-refractivity contribution is 6.03. The maximum atomic E-state index is 14.2. The van der Waals surface area contributed by atoms with E-state index in [1.165, 1.54) is 45.5 Å². The van der Waals surface area contributed by atoms with Crippen LogP contribution in [0, 0.1) is 11.8 Å². The molecule has 0 radical (unpaired) electrons. The van der Waals surface area contributed by atoms with Gasteiger partial charge in [-0.05, 0) is 123 Å². The first-order valence-corrected chi connectivity index (χ1v) is 32.5. The van der Waals surface area contributed by atoms with Crippen LogP contribution in [0.5, 0.6) is 0 Å². The zero-order valence-electron chi connectivity index (χ0n) is 53.3. The highest BCUT2D eigenvalue weighted by atomic mass is 16.7. The lowest BCUT2D eigenvalue weighted by Gasteiger charge is -2.48. The number of aliphatic carboxylic acids is 2. The number of fused-ring (bicyclic) bond motifs is 10. The number of aliphatic hydroxyl groups excluding tert-OH is 2. The van der Waals surface area contributed by atoms with Gasteiger partial charge in [-0.15, -0.1) is 0 Å². The summed E-state index contributed by atoms with van der Waals surface area (Å²) in [5.74, 6) is -11.1. The zero-order valence-corrected chi connectivity index (χ0v) is 53.3. The van der Waals surface area contributed by atoms with E-state index in [1.807, 2.05) is 99.0 Å². The van der Waals surface area contributed by atoms with E-state index in [4.69, 9.17) is 29.9 Å². The topological polar surface area (TPSA) is 351 Å². The van der Waals surface area contributed by atoms with Crippen molar-refractivity contribution in [2.45, 2.75) is 137 Å². The van der Waals surface area contributed by atoms with Gasteiger partial charge in [0.2, 0.25) is 35.1 Å². The Morgan fingerprint density at radius 1 is 0.573 bits per heavy atom. The molecule has 0 unspecified atom stereocenters. The summed E-state index contributed by atoms with van der Waals surface area (Å²) in [6.45, 7) is 4.90. The number of amides is 6. The van der Waals surface area contributed by atoms with Crippen LogP contribution in [0.3, 0.4) is 0 Å². The van der Waals surface area contributed by atoms with Crippen molar-refractivity contribution in [2.24, 2.45) is 11.8 Å². The lowest BCUT2D eigenvalue weighted by Crippen LogP contribution is -2.71. The number of aliphatic hydroxyl groups is 4. The number of ether oxygens (including phenoxy) is 2. The molecule has 16 rings (SSSR count). The molecule has 502 valence electrons. The molecule has 8 aliphatic heterocycles. The smallest absolute Gasteiger partial charge is 0.335 e. The van der Waals surface area contributed by atoms with Crippen molar-refractivity contribution in [1.82, 2.24) is 50.0 Å². The van der Waals surface area contributed by atoms with Gasteiger partial charge in [0.15, 0.2) is 12.2 Å². The van der Waals surface area contributed by atoms with Crippen molar-refractivity contribution in [3.8, 4) is 0 Å². The van der Waals surface area contributed by atoms with Gasteiger partial charge in [-0.2, -0.15) is 0 Å². The van der Waals surface area contributed by atoms with E-state index in [9.17, 15) is 48.6 Å². The summed E-state index contributed by atoms with van der Waals surface area (Å²) >= 11 is 0. The number of aromatic amines is 2. The number of benzene rings is 4. The van der Waals surface area contributed by atoms with Crippen LogP contribution in [0.15, 0.2) is 122 Å². The number of likely N-dealkylation sites (N-methyl/N-ethyl adjacent to an activating group) is 2. The van der Waals surface area contributed by atoms with E-state index in [1.54, 1.807) is 9.80 Å². The molecule has 2 aromatic heterocycles. The van der Waals surface area contributed by atoms with Crippen molar-refractivity contribution in [3.63, 3.8) is 0 Å². The summed E-state index contributed by atoms with van der Waals surface area (Å²) in [4.78, 5) is 120. The third kappa shape index (κ3) is 10.5. The first kappa shape index (κ1) is 64.2. The first-order chi connectivity index (χ1) is 45.8. The molecule has 10 aliphatic rings. The predicted molar refractivity (Wildman–Crippen MR) is 343 cm³/mol. The molecule has 6 aromatic rings. The minimum atomic E-state index is -2.27. The van der Waals surface area contributed by atoms with Crippen LogP contribution in [0.2, 0.25) is 0 Å². The number of rotatable bonds is 11. The third-order valence-corrected chi connectivity index (χ3v) is 21.1. The normalized spacial score (nSPS) is 31.5. The highest BCUT2D eigenvalue weighted by Gasteiger charge is 2.72. The Kier molecular flexibility index (Phi) is 16.0. The van der Waals surface area contributed by atoms with Gasteiger partial charge >= 0.3 is 11.9 Å². The molecule has 10 N–H and O–H groups in total. The molecule has 6 amide bonds. The van der Waals surface area contributed by atoms with Gasteiger partial charge in [-0.3, -0.25) is 57.8 Å². The van der Waals surface area contributed by atoms with E-state index in [-0.39, 0.29) is 48.6 Å². The number of carboxylic acids is 2. The fourth-order valence-corrected chi connectivity index (χ4v) is 16.5. The molecular weight excluding hydrogens is 1240 g/mol. The van der Waals surface area contributed by atoms with Gasteiger partial charge in [0, 0.05) is 85.3 Å². The number of hydrogen-bond acceptors (Lipinski definition) is 16. The summed E-state index contributed by atoms with van der Waals surface area (Å²) in [6, 6.07) is 28.2. The molecule has 4 aromatic carbocycles. The van der Waals surface area contributed by atoms with Gasteiger partial charge in [0.1, 0.15) is 24.2 Å². The van der Waals surface area contributed by atoms with Gasteiger partial charge in [0.05, 0.1) is 11.8 Å². The minimum Gasteiger partial charge on any atom is -0.479 e. The van der Waals surface area contributed by atoms with Gasteiger partial charge in [0.25, 0.3) is 23.6 Å². The van der Waals surface area contributed by atoms with E-state index in [2.05, 4.69) is 67.1 Å². The molecule has 0 saturated carbocycles. The Morgan fingerprint density at radius 3 is 1.33 bits per heavy atom. The summed E-state index contributed by atoms with van der Waals surface area (Å²) in [5, 5.41) is 64.7. The molecular formula is C70H76N10O16. The summed E-state index contributed by atoms with van der Waals surface area (Å²) in [7, 11) is 4.04. The molecule has 14 atom stereocenters. The summed E-state index contributed by atoms with van der Waals surface area (Å²) in [5.41, 5.74) is 7.17. The van der Waals surface area contributed by atoms with Crippen LogP contribution in [0.25, 0.3) is 33.0 Å². The second-order valence-electron chi connectivity index (χ2n) is 27.1. The van der Waals surface area contributed by atoms with Crippen molar-refractivity contribution in [1.29, 1.82) is 0 Å². The largest absolute Gasteiger partial charge is 0.479 e. The average Bonchev–Trinajstić information content (AvgIpc) is 1.54. The molecule has 26 nitrogen and oxygen atoms in total. The molecule has 2 aliphatic carbocycles. The molecule has 26 heteroatoms.